The SMILES string of the molecule is O=C(O)CCN(CCc1cccs1)C(=O)c1ccccc1-c1ccccc1C(=O)NC(CO)c1ccccc1. The molecule has 4 aromatic rings. The zero-order chi connectivity index (χ0) is 27.6. The van der Waals surface area contributed by atoms with Gasteiger partial charge in [0.2, 0.25) is 0 Å². The molecule has 0 bridgehead atoms. The van der Waals surface area contributed by atoms with Crippen LogP contribution < -0.4 is 5.32 Å². The van der Waals surface area contributed by atoms with Gasteiger partial charge in [-0.1, -0.05) is 72.8 Å². The Bertz CT molecular complexity index is 1410. The summed E-state index contributed by atoms with van der Waals surface area (Å²) in [7, 11) is 0. The van der Waals surface area contributed by atoms with Gasteiger partial charge >= 0.3 is 5.97 Å². The highest BCUT2D eigenvalue weighted by Gasteiger charge is 2.23. The van der Waals surface area contributed by atoms with Crippen molar-refractivity contribution in [2.75, 3.05) is 19.7 Å². The Balaban J connectivity index is 1.64. The number of rotatable bonds is 12. The molecule has 1 aromatic heterocycles. The van der Waals surface area contributed by atoms with E-state index in [0.29, 0.717) is 35.2 Å². The first-order valence-electron chi connectivity index (χ1n) is 12.7. The molecule has 39 heavy (non-hydrogen) atoms. The van der Waals surface area contributed by atoms with Gasteiger partial charge < -0.3 is 20.4 Å². The number of nitrogens with one attached hydrogen (secondary N) is 1. The van der Waals surface area contributed by atoms with Crippen LogP contribution in [0.4, 0.5) is 0 Å². The number of aliphatic hydroxyl groups excluding tert-OH is 1. The number of hydrogen-bond donors (Lipinski definition) is 3. The predicted molar refractivity (Wildman–Crippen MR) is 152 cm³/mol. The van der Waals surface area contributed by atoms with Crippen LogP contribution in [0.2, 0.25) is 0 Å². The Kier molecular flexibility index (Phi) is 9.61. The fraction of sp³-hybridized carbons (Fsp3) is 0.194. The molecule has 1 atom stereocenters. The smallest absolute Gasteiger partial charge is 0.305 e. The van der Waals surface area contributed by atoms with E-state index in [4.69, 9.17) is 0 Å². The Morgan fingerprint density at radius 3 is 2.08 bits per heavy atom. The first-order chi connectivity index (χ1) is 19.0. The quantitative estimate of drug-likeness (QED) is 0.233. The highest BCUT2D eigenvalue weighted by atomic mass is 32.1. The maximum Gasteiger partial charge on any atom is 0.305 e. The van der Waals surface area contributed by atoms with Crippen molar-refractivity contribution >= 4 is 29.1 Å². The normalized spacial score (nSPS) is 11.5. The third kappa shape index (κ3) is 7.19. The van der Waals surface area contributed by atoms with Crippen molar-refractivity contribution in [1.29, 1.82) is 0 Å². The molecule has 7 nitrogen and oxygen atoms in total. The van der Waals surface area contributed by atoms with Crippen molar-refractivity contribution in [3.05, 3.63) is 118 Å². The molecule has 2 amide bonds. The lowest BCUT2D eigenvalue weighted by Gasteiger charge is -2.24. The average molecular weight is 543 g/mol. The highest BCUT2D eigenvalue weighted by molar-refractivity contribution is 7.09. The van der Waals surface area contributed by atoms with E-state index in [1.54, 1.807) is 64.8 Å². The van der Waals surface area contributed by atoms with E-state index in [1.165, 1.54) is 0 Å². The van der Waals surface area contributed by atoms with E-state index in [0.717, 1.165) is 10.4 Å². The summed E-state index contributed by atoms with van der Waals surface area (Å²) in [6.45, 7) is 0.180. The molecular weight excluding hydrogens is 512 g/mol. The summed E-state index contributed by atoms with van der Waals surface area (Å²) < 4.78 is 0. The van der Waals surface area contributed by atoms with E-state index in [-0.39, 0.29) is 31.4 Å². The minimum Gasteiger partial charge on any atom is -0.481 e. The van der Waals surface area contributed by atoms with E-state index in [9.17, 15) is 24.6 Å². The number of amides is 2. The monoisotopic (exact) mass is 542 g/mol. The van der Waals surface area contributed by atoms with Gasteiger partial charge in [0.25, 0.3) is 11.8 Å². The lowest BCUT2D eigenvalue weighted by molar-refractivity contribution is -0.137. The van der Waals surface area contributed by atoms with Crippen LogP contribution in [0.15, 0.2) is 96.4 Å². The van der Waals surface area contributed by atoms with Crippen molar-refractivity contribution in [2.45, 2.75) is 18.9 Å². The molecule has 0 aliphatic heterocycles. The van der Waals surface area contributed by atoms with Gasteiger partial charge in [-0.25, -0.2) is 0 Å². The first-order valence-corrected chi connectivity index (χ1v) is 13.5. The van der Waals surface area contributed by atoms with Crippen molar-refractivity contribution in [1.82, 2.24) is 10.2 Å². The van der Waals surface area contributed by atoms with Crippen LogP contribution >= 0.6 is 11.3 Å². The lowest BCUT2D eigenvalue weighted by Crippen LogP contribution is -2.35. The van der Waals surface area contributed by atoms with Gasteiger partial charge in [0.05, 0.1) is 19.1 Å². The summed E-state index contributed by atoms with van der Waals surface area (Å²) >= 11 is 1.59. The Morgan fingerprint density at radius 2 is 1.44 bits per heavy atom. The summed E-state index contributed by atoms with van der Waals surface area (Å²) in [5.41, 5.74) is 2.67. The van der Waals surface area contributed by atoms with Crippen LogP contribution in [0.3, 0.4) is 0 Å². The van der Waals surface area contributed by atoms with E-state index >= 15 is 0 Å². The van der Waals surface area contributed by atoms with Crippen LogP contribution in [-0.2, 0) is 11.2 Å². The molecule has 200 valence electrons. The fourth-order valence-corrected chi connectivity index (χ4v) is 5.09. The molecule has 1 unspecified atom stereocenters. The predicted octanol–water partition coefficient (Wildman–Crippen LogP) is 5.04. The lowest BCUT2D eigenvalue weighted by atomic mass is 9.94. The molecular formula is C31H30N2O5S. The maximum absolute atomic E-state index is 13.8. The second-order valence-electron chi connectivity index (χ2n) is 8.98. The maximum atomic E-state index is 13.8. The molecule has 0 aliphatic carbocycles. The fourth-order valence-electron chi connectivity index (χ4n) is 4.39. The van der Waals surface area contributed by atoms with Crippen LogP contribution in [0.25, 0.3) is 11.1 Å². The molecule has 0 spiro atoms. The van der Waals surface area contributed by atoms with Gasteiger partial charge in [-0.2, -0.15) is 0 Å². The molecule has 0 saturated carbocycles. The zero-order valence-corrected chi connectivity index (χ0v) is 22.1. The third-order valence-electron chi connectivity index (χ3n) is 6.40. The van der Waals surface area contributed by atoms with E-state index in [2.05, 4.69) is 5.32 Å². The van der Waals surface area contributed by atoms with E-state index in [1.807, 2.05) is 47.8 Å². The van der Waals surface area contributed by atoms with Crippen molar-refractivity contribution in [2.24, 2.45) is 0 Å². The number of carbonyl (C=O) groups is 3. The molecule has 0 saturated heterocycles. The molecule has 1 heterocycles. The topological polar surface area (TPSA) is 107 Å². The number of carboxylic acid groups (broad SMARTS) is 1. The molecule has 3 N–H and O–H groups in total. The van der Waals surface area contributed by atoms with Crippen LogP contribution in [0, 0.1) is 0 Å². The number of benzene rings is 3. The first kappa shape index (κ1) is 27.8. The van der Waals surface area contributed by atoms with Gasteiger partial charge in [-0.05, 0) is 46.7 Å². The van der Waals surface area contributed by atoms with Crippen molar-refractivity contribution < 1.29 is 24.6 Å². The van der Waals surface area contributed by atoms with Gasteiger partial charge in [0.15, 0.2) is 0 Å². The molecule has 0 radical (unpaired) electrons. The summed E-state index contributed by atoms with van der Waals surface area (Å²) in [5.74, 6) is -1.65. The van der Waals surface area contributed by atoms with Crippen molar-refractivity contribution in [3.63, 3.8) is 0 Å². The molecule has 8 heteroatoms. The Labute approximate surface area is 231 Å². The number of nitrogens with zero attached hydrogens (tertiary/aromatic N) is 1. The number of hydrogen-bond acceptors (Lipinski definition) is 5. The number of aliphatic hydroxyl groups is 1. The van der Waals surface area contributed by atoms with Gasteiger partial charge in [-0.15, -0.1) is 11.3 Å². The number of carboxylic acids is 1. The number of carbonyl (C=O) groups excluding carboxylic acids is 2. The minimum atomic E-state index is -0.976. The Morgan fingerprint density at radius 1 is 0.795 bits per heavy atom. The third-order valence-corrected chi connectivity index (χ3v) is 7.34. The molecule has 4 rings (SSSR count). The van der Waals surface area contributed by atoms with Crippen LogP contribution in [0.5, 0.6) is 0 Å². The second-order valence-corrected chi connectivity index (χ2v) is 10.0. The highest BCUT2D eigenvalue weighted by Crippen LogP contribution is 2.29. The standard InChI is InChI=1S/C31H30N2O5S/c34-21-28(22-9-2-1-3-10-22)32-30(37)26-14-6-4-12-24(26)25-13-5-7-15-27(25)31(38)33(19-17-29(35)36)18-16-23-11-8-20-39-23/h1-15,20,28,34H,16-19,21H2,(H,32,37)(H,35,36). The zero-order valence-electron chi connectivity index (χ0n) is 21.3. The van der Waals surface area contributed by atoms with Gasteiger partial charge in [-0.3, -0.25) is 14.4 Å². The Hall–Kier alpha value is -4.27. The molecule has 0 aliphatic rings. The van der Waals surface area contributed by atoms with Crippen LogP contribution in [0.1, 0.15) is 43.6 Å². The summed E-state index contributed by atoms with van der Waals surface area (Å²) in [5, 5.41) is 24.1. The minimum absolute atomic E-state index is 0.0747. The number of thiophene rings is 1. The second kappa shape index (κ2) is 13.5. The molecule has 3 aromatic carbocycles. The van der Waals surface area contributed by atoms with Crippen molar-refractivity contribution in [3.8, 4) is 11.1 Å². The van der Waals surface area contributed by atoms with E-state index < -0.39 is 12.0 Å². The van der Waals surface area contributed by atoms with Gasteiger partial charge in [0.1, 0.15) is 0 Å². The van der Waals surface area contributed by atoms with Crippen LogP contribution in [-0.4, -0.2) is 52.6 Å². The molecule has 0 fully saturated rings. The summed E-state index contributed by atoms with van der Waals surface area (Å²) in [6, 6.07) is 26.6. The number of aliphatic carboxylic acids is 1. The largest absolute Gasteiger partial charge is 0.481 e. The van der Waals surface area contributed by atoms with Gasteiger partial charge in [0, 0.05) is 29.1 Å². The average Bonchev–Trinajstić information content (AvgIpc) is 3.49. The summed E-state index contributed by atoms with van der Waals surface area (Å²) in [4.78, 5) is 41.2. The summed E-state index contributed by atoms with van der Waals surface area (Å²) in [6.07, 6.45) is 0.450.